The SMILES string of the molecule is Cc1c(C#N)c(S[C@@H](C)C(=O)N[C@@](C)(C#N)C(C)C)nc2c1CCC2. The number of nitrogens with one attached hydrogen (secondary N) is 1. The third-order valence-corrected chi connectivity index (χ3v) is 6.09. The number of aryl methyl sites for hydroxylation is 1. The molecule has 132 valence electrons. The summed E-state index contributed by atoms with van der Waals surface area (Å²) in [4.78, 5) is 17.2. The van der Waals surface area contributed by atoms with E-state index in [0.29, 0.717) is 10.6 Å². The van der Waals surface area contributed by atoms with Crippen molar-refractivity contribution in [3.05, 3.63) is 22.4 Å². The average molecular weight is 356 g/mol. The van der Waals surface area contributed by atoms with Crippen LogP contribution in [-0.4, -0.2) is 21.7 Å². The molecule has 0 fully saturated rings. The molecule has 1 aromatic rings. The largest absolute Gasteiger partial charge is 0.337 e. The molecule has 0 aromatic carbocycles. The average Bonchev–Trinajstić information content (AvgIpc) is 3.03. The Morgan fingerprint density at radius 2 is 2.00 bits per heavy atom. The van der Waals surface area contributed by atoms with E-state index < -0.39 is 10.8 Å². The van der Waals surface area contributed by atoms with Gasteiger partial charge in [-0.1, -0.05) is 25.6 Å². The number of pyridine rings is 1. The predicted molar refractivity (Wildman–Crippen MR) is 98.0 cm³/mol. The zero-order valence-electron chi connectivity index (χ0n) is 15.4. The standard InChI is InChI=1S/C19H24N4OS/c1-11(2)19(5,10-21)23-17(24)13(4)25-18-15(9-20)12(3)14-7-6-8-16(14)22-18/h11,13H,6-8H2,1-5H3,(H,23,24)/t13-,19-/m0/s1. The summed E-state index contributed by atoms with van der Waals surface area (Å²) in [6.45, 7) is 9.28. The first-order valence-corrected chi connectivity index (χ1v) is 9.43. The highest BCUT2D eigenvalue weighted by molar-refractivity contribution is 8.00. The number of hydrogen-bond acceptors (Lipinski definition) is 5. The van der Waals surface area contributed by atoms with E-state index in [1.165, 1.54) is 17.3 Å². The zero-order valence-corrected chi connectivity index (χ0v) is 16.3. The second kappa shape index (κ2) is 7.45. The molecule has 1 heterocycles. The Morgan fingerprint density at radius 1 is 1.32 bits per heavy atom. The van der Waals surface area contributed by atoms with E-state index in [1.807, 2.05) is 20.8 Å². The molecule has 0 bridgehead atoms. The minimum absolute atomic E-state index is 0.00585. The van der Waals surface area contributed by atoms with Crippen molar-refractivity contribution in [2.24, 2.45) is 5.92 Å². The molecule has 1 aliphatic rings. The maximum absolute atomic E-state index is 12.6. The number of thioether (sulfide) groups is 1. The Morgan fingerprint density at radius 3 is 2.56 bits per heavy atom. The van der Waals surface area contributed by atoms with Crippen molar-refractivity contribution in [1.29, 1.82) is 10.5 Å². The van der Waals surface area contributed by atoms with Gasteiger partial charge in [0.2, 0.25) is 5.91 Å². The van der Waals surface area contributed by atoms with Crippen LogP contribution in [0.25, 0.3) is 0 Å². The van der Waals surface area contributed by atoms with Crippen LogP contribution in [0.3, 0.4) is 0 Å². The summed E-state index contributed by atoms with van der Waals surface area (Å²) < 4.78 is 0. The van der Waals surface area contributed by atoms with Gasteiger partial charge < -0.3 is 5.32 Å². The van der Waals surface area contributed by atoms with Crippen molar-refractivity contribution in [3.63, 3.8) is 0 Å². The number of carbonyl (C=O) groups excluding carboxylic acids is 1. The van der Waals surface area contributed by atoms with Crippen molar-refractivity contribution < 1.29 is 4.79 Å². The van der Waals surface area contributed by atoms with Gasteiger partial charge in [-0.15, -0.1) is 0 Å². The summed E-state index contributed by atoms with van der Waals surface area (Å²) in [5.74, 6) is -0.222. The van der Waals surface area contributed by atoms with Crippen LogP contribution in [0.15, 0.2) is 5.03 Å². The molecule has 0 radical (unpaired) electrons. The van der Waals surface area contributed by atoms with Crippen molar-refractivity contribution in [2.45, 2.75) is 69.7 Å². The van der Waals surface area contributed by atoms with E-state index in [4.69, 9.17) is 0 Å². The second-order valence-electron chi connectivity index (χ2n) is 7.03. The Balaban J connectivity index is 2.23. The number of aromatic nitrogens is 1. The number of nitrogens with zero attached hydrogens (tertiary/aromatic N) is 3. The van der Waals surface area contributed by atoms with E-state index in [-0.39, 0.29) is 11.8 Å². The third-order valence-electron chi connectivity index (χ3n) is 5.01. The van der Waals surface area contributed by atoms with Crippen LogP contribution < -0.4 is 5.32 Å². The number of amides is 1. The van der Waals surface area contributed by atoms with Crippen molar-refractivity contribution >= 4 is 17.7 Å². The van der Waals surface area contributed by atoms with Crippen molar-refractivity contribution in [3.8, 4) is 12.1 Å². The van der Waals surface area contributed by atoms with Crippen LogP contribution >= 0.6 is 11.8 Å². The molecule has 0 saturated heterocycles. The predicted octanol–water partition coefficient (Wildman–Crippen LogP) is 3.29. The molecule has 2 atom stereocenters. The lowest BCUT2D eigenvalue weighted by Gasteiger charge is -2.28. The molecule has 6 heteroatoms. The third kappa shape index (κ3) is 3.80. The first kappa shape index (κ1) is 19.3. The fourth-order valence-electron chi connectivity index (χ4n) is 2.84. The normalized spacial score (nSPS) is 16.5. The molecule has 2 rings (SSSR count). The van der Waals surface area contributed by atoms with Gasteiger partial charge in [0.05, 0.1) is 16.9 Å². The van der Waals surface area contributed by atoms with E-state index >= 15 is 0 Å². The molecular weight excluding hydrogens is 332 g/mol. The van der Waals surface area contributed by atoms with Gasteiger partial charge in [-0.25, -0.2) is 4.98 Å². The molecule has 25 heavy (non-hydrogen) atoms. The van der Waals surface area contributed by atoms with Crippen LogP contribution in [0.1, 0.15) is 56.5 Å². The van der Waals surface area contributed by atoms with Gasteiger partial charge in [-0.05, 0) is 57.1 Å². The van der Waals surface area contributed by atoms with E-state index in [2.05, 4.69) is 22.4 Å². The zero-order chi connectivity index (χ0) is 18.8. The summed E-state index contributed by atoms with van der Waals surface area (Å²) in [6, 6.07) is 4.43. The van der Waals surface area contributed by atoms with Crippen LogP contribution in [-0.2, 0) is 17.6 Å². The number of fused-ring (bicyclic) bond motifs is 1. The minimum Gasteiger partial charge on any atom is -0.337 e. The molecule has 1 aliphatic carbocycles. The minimum atomic E-state index is -0.911. The van der Waals surface area contributed by atoms with Crippen molar-refractivity contribution in [1.82, 2.24) is 10.3 Å². The Bertz CT molecular complexity index is 775. The van der Waals surface area contributed by atoms with Crippen molar-refractivity contribution in [2.75, 3.05) is 0 Å². The van der Waals surface area contributed by atoms with Gasteiger partial charge in [-0.3, -0.25) is 4.79 Å². The number of carbonyl (C=O) groups is 1. The van der Waals surface area contributed by atoms with E-state index in [9.17, 15) is 15.3 Å². The van der Waals surface area contributed by atoms with Gasteiger partial charge in [0.25, 0.3) is 0 Å². The summed E-state index contributed by atoms with van der Waals surface area (Å²) >= 11 is 1.29. The topological polar surface area (TPSA) is 89.6 Å². The second-order valence-corrected chi connectivity index (χ2v) is 8.36. The lowest BCUT2D eigenvalue weighted by atomic mass is 9.90. The smallest absolute Gasteiger partial charge is 0.234 e. The van der Waals surface area contributed by atoms with Crippen LogP contribution in [0.4, 0.5) is 0 Å². The molecule has 0 unspecified atom stereocenters. The van der Waals surface area contributed by atoms with Gasteiger partial charge in [-0.2, -0.15) is 10.5 Å². The molecule has 0 saturated carbocycles. The quantitative estimate of drug-likeness (QED) is 0.818. The molecule has 5 nitrogen and oxygen atoms in total. The first-order chi connectivity index (χ1) is 11.7. The fourth-order valence-corrected chi connectivity index (χ4v) is 3.82. The highest BCUT2D eigenvalue weighted by Crippen LogP contribution is 2.33. The molecule has 0 aliphatic heterocycles. The van der Waals surface area contributed by atoms with Crippen LogP contribution in [0.2, 0.25) is 0 Å². The molecule has 1 amide bonds. The van der Waals surface area contributed by atoms with Gasteiger partial charge in [0, 0.05) is 5.69 Å². The van der Waals surface area contributed by atoms with Gasteiger partial charge in [0.15, 0.2) is 0 Å². The highest BCUT2D eigenvalue weighted by Gasteiger charge is 2.32. The lowest BCUT2D eigenvalue weighted by Crippen LogP contribution is -2.51. The van der Waals surface area contributed by atoms with Gasteiger partial charge >= 0.3 is 0 Å². The number of hydrogen-bond donors (Lipinski definition) is 1. The number of nitriles is 2. The Labute approximate surface area is 153 Å². The fraction of sp³-hybridized carbons (Fsp3) is 0.579. The van der Waals surface area contributed by atoms with Crippen LogP contribution in [0, 0.1) is 35.5 Å². The van der Waals surface area contributed by atoms with E-state index in [0.717, 1.165) is 30.5 Å². The molecular formula is C19H24N4OS. The maximum atomic E-state index is 12.6. The Hall–Kier alpha value is -2.05. The molecule has 1 N–H and O–H groups in total. The Kier molecular flexibility index (Phi) is 5.75. The van der Waals surface area contributed by atoms with Gasteiger partial charge in [0.1, 0.15) is 16.6 Å². The first-order valence-electron chi connectivity index (χ1n) is 8.55. The summed E-state index contributed by atoms with van der Waals surface area (Å²) in [6.07, 6.45) is 2.96. The maximum Gasteiger partial charge on any atom is 0.234 e. The van der Waals surface area contributed by atoms with Crippen LogP contribution in [0.5, 0.6) is 0 Å². The number of rotatable bonds is 5. The summed E-state index contributed by atoms with van der Waals surface area (Å²) in [7, 11) is 0. The molecule has 0 spiro atoms. The lowest BCUT2D eigenvalue weighted by molar-refractivity contribution is -0.121. The summed E-state index contributed by atoms with van der Waals surface area (Å²) in [5.41, 5.74) is 2.89. The monoisotopic (exact) mass is 356 g/mol. The van der Waals surface area contributed by atoms with E-state index in [1.54, 1.807) is 13.8 Å². The highest BCUT2D eigenvalue weighted by atomic mass is 32.2. The summed E-state index contributed by atoms with van der Waals surface area (Å²) in [5, 5.41) is 21.9. The molecule has 1 aromatic heterocycles.